The number of methoxy groups -OCH3 is 2. The SMILES string of the molecule is COc1cccc(CNCCN(CCNCc2cccc(OC)c2)CCNC(=O)OC(C)(C)C)c1. The number of hydrogen-bond acceptors (Lipinski definition) is 7. The van der Waals surface area contributed by atoms with Crippen molar-refractivity contribution in [3.63, 3.8) is 0 Å². The van der Waals surface area contributed by atoms with E-state index in [-0.39, 0.29) is 6.09 Å². The summed E-state index contributed by atoms with van der Waals surface area (Å²) in [5.41, 5.74) is 1.86. The molecule has 2 aromatic rings. The van der Waals surface area contributed by atoms with Crippen LogP contribution < -0.4 is 25.4 Å². The summed E-state index contributed by atoms with van der Waals surface area (Å²) in [4.78, 5) is 14.3. The number of carbonyl (C=O) groups excluding carboxylic acids is 1. The van der Waals surface area contributed by atoms with Gasteiger partial charge in [0, 0.05) is 52.4 Å². The number of amides is 1. The van der Waals surface area contributed by atoms with Crippen molar-refractivity contribution in [3.8, 4) is 11.5 Å². The maximum Gasteiger partial charge on any atom is 0.407 e. The summed E-state index contributed by atoms with van der Waals surface area (Å²) in [5.74, 6) is 1.72. The maximum atomic E-state index is 12.0. The van der Waals surface area contributed by atoms with Crippen LogP contribution in [0.4, 0.5) is 4.79 Å². The summed E-state index contributed by atoms with van der Waals surface area (Å²) in [6.45, 7) is 11.8. The second-order valence-electron chi connectivity index (χ2n) is 9.33. The molecular weight excluding hydrogens is 444 g/mol. The van der Waals surface area contributed by atoms with Gasteiger partial charge in [0.15, 0.2) is 0 Å². The summed E-state index contributed by atoms with van der Waals surface area (Å²) in [6, 6.07) is 16.1. The van der Waals surface area contributed by atoms with Crippen LogP contribution in [0.15, 0.2) is 48.5 Å². The Balaban J connectivity index is 1.78. The lowest BCUT2D eigenvalue weighted by atomic mass is 10.2. The van der Waals surface area contributed by atoms with E-state index in [1.165, 1.54) is 11.1 Å². The Labute approximate surface area is 210 Å². The number of nitrogens with one attached hydrogen (secondary N) is 3. The van der Waals surface area contributed by atoms with Crippen molar-refractivity contribution in [2.24, 2.45) is 0 Å². The summed E-state index contributed by atoms with van der Waals surface area (Å²) in [5, 5.41) is 9.85. The molecule has 0 heterocycles. The van der Waals surface area contributed by atoms with Crippen molar-refractivity contribution < 1.29 is 19.0 Å². The Morgan fingerprint density at radius 1 is 0.800 bits per heavy atom. The third kappa shape index (κ3) is 12.5. The highest BCUT2D eigenvalue weighted by Crippen LogP contribution is 2.13. The fourth-order valence-electron chi connectivity index (χ4n) is 3.47. The molecule has 0 atom stereocenters. The first-order chi connectivity index (χ1) is 16.8. The first kappa shape index (κ1) is 28.4. The van der Waals surface area contributed by atoms with Crippen molar-refractivity contribution in [1.29, 1.82) is 0 Å². The molecule has 0 fully saturated rings. The van der Waals surface area contributed by atoms with Gasteiger partial charge in [0.2, 0.25) is 0 Å². The number of hydrogen-bond donors (Lipinski definition) is 3. The normalized spacial score (nSPS) is 11.4. The fraction of sp³-hybridized carbons (Fsp3) is 0.519. The number of nitrogens with zero attached hydrogens (tertiary/aromatic N) is 1. The highest BCUT2D eigenvalue weighted by Gasteiger charge is 2.16. The van der Waals surface area contributed by atoms with Crippen molar-refractivity contribution in [2.75, 3.05) is 53.5 Å². The van der Waals surface area contributed by atoms with Crippen LogP contribution in [0.5, 0.6) is 11.5 Å². The average molecular weight is 487 g/mol. The zero-order valence-corrected chi connectivity index (χ0v) is 21.9. The van der Waals surface area contributed by atoms with E-state index < -0.39 is 5.60 Å². The molecule has 2 aromatic carbocycles. The molecule has 0 aliphatic heterocycles. The minimum atomic E-state index is -0.502. The second-order valence-corrected chi connectivity index (χ2v) is 9.33. The molecule has 0 aliphatic rings. The molecule has 0 radical (unpaired) electrons. The van der Waals surface area contributed by atoms with Gasteiger partial charge in [-0.25, -0.2) is 4.79 Å². The number of alkyl carbamates (subject to hydrolysis) is 1. The Morgan fingerprint density at radius 2 is 1.29 bits per heavy atom. The van der Waals surface area contributed by atoms with Crippen molar-refractivity contribution in [1.82, 2.24) is 20.9 Å². The van der Waals surface area contributed by atoms with Crippen LogP contribution in [0.25, 0.3) is 0 Å². The monoisotopic (exact) mass is 486 g/mol. The molecule has 1 amide bonds. The number of rotatable bonds is 15. The standard InChI is InChI=1S/C27H42N4O4/c1-27(2,3)35-26(32)30-14-17-31(15-12-28-20-22-8-6-10-24(18-22)33-4)16-13-29-21-23-9-7-11-25(19-23)34-5/h6-11,18-19,28-29H,12-17,20-21H2,1-5H3,(H,30,32). The molecule has 0 spiro atoms. The first-order valence-corrected chi connectivity index (χ1v) is 12.2. The van der Waals surface area contributed by atoms with Gasteiger partial charge < -0.3 is 30.2 Å². The molecule has 194 valence electrons. The molecule has 0 bridgehead atoms. The van der Waals surface area contributed by atoms with E-state index in [1.54, 1.807) is 14.2 Å². The smallest absolute Gasteiger partial charge is 0.407 e. The summed E-state index contributed by atoms with van der Waals surface area (Å²) < 4.78 is 15.9. The van der Waals surface area contributed by atoms with Crippen LogP contribution in [-0.4, -0.2) is 70.1 Å². The molecule has 0 unspecified atom stereocenters. The van der Waals surface area contributed by atoms with Gasteiger partial charge in [0.25, 0.3) is 0 Å². The molecule has 0 saturated carbocycles. The number of benzene rings is 2. The molecule has 8 nitrogen and oxygen atoms in total. The largest absolute Gasteiger partial charge is 0.497 e. The van der Waals surface area contributed by atoms with Gasteiger partial charge in [-0.3, -0.25) is 4.90 Å². The summed E-state index contributed by atoms with van der Waals surface area (Å²) in [7, 11) is 3.36. The van der Waals surface area contributed by atoms with Crippen molar-refractivity contribution in [3.05, 3.63) is 59.7 Å². The Kier molecular flexibility index (Phi) is 12.4. The zero-order valence-electron chi connectivity index (χ0n) is 21.9. The predicted octanol–water partition coefficient (Wildman–Crippen LogP) is 3.41. The molecule has 8 heteroatoms. The van der Waals surface area contributed by atoms with Gasteiger partial charge in [-0.05, 0) is 56.2 Å². The Morgan fingerprint density at radius 3 is 1.74 bits per heavy atom. The second kappa shape index (κ2) is 15.2. The average Bonchev–Trinajstić information content (AvgIpc) is 2.83. The van der Waals surface area contributed by atoms with Gasteiger partial charge in [0.05, 0.1) is 14.2 Å². The number of carbonyl (C=O) groups is 1. The molecule has 3 N–H and O–H groups in total. The maximum absolute atomic E-state index is 12.0. The lowest BCUT2D eigenvalue weighted by molar-refractivity contribution is 0.0522. The predicted molar refractivity (Wildman–Crippen MR) is 140 cm³/mol. The highest BCUT2D eigenvalue weighted by atomic mass is 16.6. The van der Waals surface area contributed by atoms with Gasteiger partial charge in [-0.1, -0.05) is 24.3 Å². The highest BCUT2D eigenvalue weighted by molar-refractivity contribution is 5.67. The van der Waals surface area contributed by atoms with Gasteiger partial charge in [-0.15, -0.1) is 0 Å². The van der Waals surface area contributed by atoms with Crippen LogP contribution >= 0.6 is 0 Å². The number of ether oxygens (including phenoxy) is 3. The fourth-order valence-corrected chi connectivity index (χ4v) is 3.47. The van der Waals surface area contributed by atoms with Crippen LogP contribution in [-0.2, 0) is 17.8 Å². The molecule has 0 saturated heterocycles. The molecule has 35 heavy (non-hydrogen) atoms. The topological polar surface area (TPSA) is 84.1 Å². The van der Waals surface area contributed by atoms with Gasteiger partial charge in [-0.2, -0.15) is 0 Å². The Bertz CT molecular complexity index is 830. The molecule has 0 aliphatic carbocycles. The van der Waals surface area contributed by atoms with Crippen molar-refractivity contribution >= 4 is 6.09 Å². The molecule has 0 aromatic heterocycles. The molecule has 2 rings (SSSR count). The van der Waals surface area contributed by atoms with Crippen LogP contribution in [0.1, 0.15) is 31.9 Å². The van der Waals surface area contributed by atoms with Gasteiger partial charge in [0.1, 0.15) is 17.1 Å². The third-order valence-corrected chi connectivity index (χ3v) is 5.23. The van der Waals surface area contributed by atoms with Gasteiger partial charge >= 0.3 is 6.09 Å². The van der Waals surface area contributed by atoms with E-state index in [2.05, 4.69) is 33.0 Å². The first-order valence-electron chi connectivity index (χ1n) is 12.2. The van der Waals surface area contributed by atoms with E-state index in [1.807, 2.05) is 57.2 Å². The van der Waals surface area contributed by atoms with Crippen LogP contribution in [0, 0.1) is 0 Å². The quantitative estimate of drug-likeness (QED) is 0.333. The van der Waals surface area contributed by atoms with E-state index in [4.69, 9.17) is 14.2 Å². The van der Waals surface area contributed by atoms with Crippen LogP contribution in [0.2, 0.25) is 0 Å². The molecular formula is C27H42N4O4. The lowest BCUT2D eigenvalue weighted by Crippen LogP contribution is -2.42. The lowest BCUT2D eigenvalue weighted by Gasteiger charge is -2.24. The minimum Gasteiger partial charge on any atom is -0.497 e. The van der Waals surface area contributed by atoms with Crippen molar-refractivity contribution in [2.45, 2.75) is 39.5 Å². The summed E-state index contributed by atoms with van der Waals surface area (Å²) in [6.07, 6.45) is -0.384. The Hall–Kier alpha value is -2.81. The minimum absolute atomic E-state index is 0.384. The van der Waals surface area contributed by atoms with E-state index in [0.29, 0.717) is 6.54 Å². The van der Waals surface area contributed by atoms with E-state index in [0.717, 1.165) is 57.3 Å². The van der Waals surface area contributed by atoms with E-state index >= 15 is 0 Å². The van der Waals surface area contributed by atoms with Crippen LogP contribution in [0.3, 0.4) is 0 Å². The van der Waals surface area contributed by atoms with E-state index in [9.17, 15) is 4.79 Å². The zero-order chi connectivity index (χ0) is 25.5. The third-order valence-electron chi connectivity index (χ3n) is 5.23. The summed E-state index contributed by atoms with van der Waals surface area (Å²) >= 11 is 0.